The molecule has 0 unspecified atom stereocenters. The molecule has 104 valence electrons. The number of ether oxygens (including phenoxy) is 1. The van der Waals surface area contributed by atoms with Gasteiger partial charge < -0.3 is 10.1 Å². The van der Waals surface area contributed by atoms with Crippen molar-refractivity contribution in [2.75, 3.05) is 12.4 Å². The van der Waals surface area contributed by atoms with E-state index in [9.17, 15) is 9.59 Å². The third kappa shape index (κ3) is 4.57. The van der Waals surface area contributed by atoms with Crippen molar-refractivity contribution in [3.8, 4) is 0 Å². The summed E-state index contributed by atoms with van der Waals surface area (Å²) < 4.78 is 4.60. The second-order valence-corrected chi connectivity index (χ2v) is 4.74. The molecule has 0 saturated carbocycles. The molecule has 19 heavy (non-hydrogen) atoms. The van der Waals surface area contributed by atoms with Crippen LogP contribution in [-0.4, -0.2) is 29.6 Å². The third-order valence-corrected chi connectivity index (χ3v) is 2.76. The molecule has 0 saturated heterocycles. The Kier molecular flexibility index (Phi) is 4.86. The van der Waals surface area contributed by atoms with E-state index in [1.807, 2.05) is 20.8 Å². The van der Waals surface area contributed by atoms with Gasteiger partial charge in [0.05, 0.1) is 12.7 Å². The number of nitrogens with zero attached hydrogens (tertiary/aromatic N) is 1. The van der Waals surface area contributed by atoms with Crippen LogP contribution in [0.1, 0.15) is 37.6 Å². The van der Waals surface area contributed by atoms with Crippen LogP contribution in [0.4, 0.5) is 10.6 Å². The van der Waals surface area contributed by atoms with E-state index in [1.54, 1.807) is 0 Å². The van der Waals surface area contributed by atoms with Crippen LogP contribution in [0.5, 0.6) is 0 Å². The highest BCUT2D eigenvalue weighted by Gasteiger charge is 2.18. The average Bonchev–Trinajstić information content (AvgIpc) is 2.37. The quantitative estimate of drug-likeness (QED) is 0.818. The van der Waals surface area contributed by atoms with Crippen LogP contribution < -0.4 is 10.6 Å². The molecule has 0 aliphatic heterocycles. The number of pyridine rings is 1. The Labute approximate surface area is 112 Å². The summed E-state index contributed by atoms with van der Waals surface area (Å²) in [6, 6.07) is 2.62. The van der Waals surface area contributed by atoms with E-state index < -0.39 is 5.97 Å². The highest BCUT2D eigenvalue weighted by molar-refractivity contribution is 5.93. The Morgan fingerprint density at radius 2 is 2.11 bits per heavy atom. The maximum absolute atomic E-state index is 11.8. The first-order valence-electron chi connectivity index (χ1n) is 6.01. The summed E-state index contributed by atoms with van der Waals surface area (Å²) >= 11 is 0. The van der Waals surface area contributed by atoms with Crippen LogP contribution in [0.3, 0.4) is 0 Å². The SMILES string of the molecule is CCC(C)(C)NC(=O)Nc1cc(C(=O)OC)ccn1. The average molecular weight is 265 g/mol. The number of urea groups is 1. The lowest BCUT2D eigenvalue weighted by Crippen LogP contribution is -2.45. The predicted molar refractivity (Wildman–Crippen MR) is 72.1 cm³/mol. The van der Waals surface area contributed by atoms with Crippen LogP contribution in [0.15, 0.2) is 18.3 Å². The van der Waals surface area contributed by atoms with Gasteiger partial charge in [-0.15, -0.1) is 0 Å². The smallest absolute Gasteiger partial charge is 0.338 e. The van der Waals surface area contributed by atoms with E-state index in [-0.39, 0.29) is 11.6 Å². The molecule has 2 N–H and O–H groups in total. The van der Waals surface area contributed by atoms with Crippen molar-refractivity contribution in [1.29, 1.82) is 0 Å². The third-order valence-electron chi connectivity index (χ3n) is 2.76. The van der Waals surface area contributed by atoms with Crippen molar-refractivity contribution in [2.45, 2.75) is 32.7 Å². The zero-order valence-electron chi connectivity index (χ0n) is 11.6. The van der Waals surface area contributed by atoms with Gasteiger partial charge in [0.2, 0.25) is 0 Å². The number of methoxy groups -OCH3 is 1. The van der Waals surface area contributed by atoms with E-state index >= 15 is 0 Å². The van der Waals surface area contributed by atoms with Gasteiger partial charge in [-0.2, -0.15) is 0 Å². The van der Waals surface area contributed by atoms with Gasteiger partial charge in [0.25, 0.3) is 0 Å². The molecule has 0 spiro atoms. The summed E-state index contributed by atoms with van der Waals surface area (Å²) in [5, 5.41) is 5.39. The molecule has 1 heterocycles. The molecule has 0 bridgehead atoms. The molecule has 6 heteroatoms. The van der Waals surface area contributed by atoms with E-state index in [4.69, 9.17) is 0 Å². The molecule has 0 aliphatic carbocycles. The minimum absolute atomic E-state index is 0.298. The number of rotatable bonds is 4. The fraction of sp³-hybridized carbons (Fsp3) is 0.462. The van der Waals surface area contributed by atoms with E-state index in [1.165, 1.54) is 25.4 Å². The van der Waals surface area contributed by atoms with Crippen molar-refractivity contribution in [3.05, 3.63) is 23.9 Å². The number of carbonyl (C=O) groups is 2. The Morgan fingerprint density at radius 3 is 2.68 bits per heavy atom. The van der Waals surface area contributed by atoms with Gasteiger partial charge >= 0.3 is 12.0 Å². The van der Waals surface area contributed by atoms with E-state index in [0.29, 0.717) is 11.4 Å². The summed E-state index contributed by atoms with van der Waals surface area (Å²) in [5.41, 5.74) is 0.0342. The lowest BCUT2D eigenvalue weighted by atomic mass is 10.0. The minimum Gasteiger partial charge on any atom is -0.465 e. The molecule has 1 aromatic heterocycles. The van der Waals surface area contributed by atoms with Crippen LogP contribution >= 0.6 is 0 Å². The molecule has 2 amide bonds. The predicted octanol–water partition coefficient (Wildman–Crippen LogP) is 2.18. The van der Waals surface area contributed by atoms with Crippen molar-refractivity contribution in [1.82, 2.24) is 10.3 Å². The fourth-order valence-corrected chi connectivity index (χ4v) is 1.29. The molecule has 0 aliphatic rings. The summed E-state index contributed by atoms with van der Waals surface area (Å²) in [4.78, 5) is 27.1. The standard InChI is InChI=1S/C13H19N3O3/c1-5-13(2,3)16-12(18)15-10-8-9(6-7-14-10)11(17)19-4/h6-8H,5H2,1-4H3,(H2,14,15,16,18). The number of carbonyl (C=O) groups excluding carboxylic acids is 2. The number of nitrogens with one attached hydrogen (secondary N) is 2. The van der Waals surface area contributed by atoms with Gasteiger partial charge in [-0.05, 0) is 32.4 Å². The number of anilines is 1. The number of amides is 2. The van der Waals surface area contributed by atoms with Crippen LogP contribution in [0, 0.1) is 0 Å². The van der Waals surface area contributed by atoms with Crippen molar-refractivity contribution in [2.24, 2.45) is 0 Å². The Bertz CT molecular complexity index is 472. The molecule has 0 fully saturated rings. The normalized spacial score (nSPS) is 10.7. The van der Waals surface area contributed by atoms with Crippen LogP contribution in [0.2, 0.25) is 0 Å². The van der Waals surface area contributed by atoms with Gasteiger partial charge in [-0.3, -0.25) is 5.32 Å². The summed E-state index contributed by atoms with van der Waals surface area (Å²) in [5.74, 6) is -0.174. The molecule has 0 atom stereocenters. The second kappa shape index (κ2) is 6.17. The minimum atomic E-state index is -0.472. The highest BCUT2D eigenvalue weighted by atomic mass is 16.5. The largest absolute Gasteiger partial charge is 0.465 e. The first kappa shape index (κ1) is 14.9. The van der Waals surface area contributed by atoms with Gasteiger partial charge in [0.1, 0.15) is 5.82 Å². The lowest BCUT2D eigenvalue weighted by molar-refractivity contribution is 0.0600. The Hall–Kier alpha value is -2.11. The summed E-state index contributed by atoms with van der Waals surface area (Å²) in [7, 11) is 1.30. The molecular weight excluding hydrogens is 246 g/mol. The van der Waals surface area contributed by atoms with E-state index in [0.717, 1.165) is 6.42 Å². The van der Waals surface area contributed by atoms with Gasteiger partial charge in [-0.1, -0.05) is 6.92 Å². The zero-order chi connectivity index (χ0) is 14.5. The van der Waals surface area contributed by atoms with Gasteiger partial charge in [0, 0.05) is 11.7 Å². The van der Waals surface area contributed by atoms with Crippen molar-refractivity contribution in [3.63, 3.8) is 0 Å². The molecule has 1 aromatic rings. The van der Waals surface area contributed by atoms with Gasteiger partial charge in [-0.25, -0.2) is 14.6 Å². The molecule has 1 rings (SSSR count). The maximum Gasteiger partial charge on any atom is 0.338 e. The Morgan fingerprint density at radius 1 is 1.42 bits per heavy atom. The molecule has 6 nitrogen and oxygen atoms in total. The molecule has 0 radical (unpaired) electrons. The van der Waals surface area contributed by atoms with Crippen LogP contribution in [0.25, 0.3) is 0 Å². The Balaban J connectivity index is 2.72. The number of esters is 1. The zero-order valence-corrected chi connectivity index (χ0v) is 11.6. The monoisotopic (exact) mass is 265 g/mol. The maximum atomic E-state index is 11.8. The molecular formula is C13H19N3O3. The number of hydrogen-bond donors (Lipinski definition) is 2. The topological polar surface area (TPSA) is 80.3 Å². The number of aromatic nitrogens is 1. The fourth-order valence-electron chi connectivity index (χ4n) is 1.29. The van der Waals surface area contributed by atoms with Crippen molar-refractivity contribution >= 4 is 17.8 Å². The first-order valence-corrected chi connectivity index (χ1v) is 6.01. The highest BCUT2D eigenvalue weighted by Crippen LogP contribution is 2.10. The number of hydrogen-bond acceptors (Lipinski definition) is 4. The van der Waals surface area contributed by atoms with Crippen molar-refractivity contribution < 1.29 is 14.3 Å². The summed E-state index contributed by atoms with van der Waals surface area (Å²) in [6.45, 7) is 5.83. The van der Waals surface area contributed by atoms with Crippen LogP contribution in [-0.2, 0) is 4.74 Å². The van der Waals surface area contributed by atoms with Gasteiger partial charge in [0.15, 0.2) is 0 Å². The summed E-state index contributed by atoms with van der Waals surface area (Å²) in [6.07, 6.45) is 2.24. The molecule has 0 aromatic carbocycles. The lowest BCUT2D eigenvalue weighted by Gasteiger charge is -2.24. The first-order chi connectivity index (χ1) is 8.88. The second-order valence-electron chi connectivity index (χ2n) is 4.74. The van der Waals surface area contributed by atoms with E-state index in [2.05, 4.69) is 20.4 Å².